The van der Waals surface area contributed by atoms with Crippen LogP contribution in [0.5, 0.6) is 5.75 Å². The van der Waals surface area contributed by atoms with Gasteiger partial charge in [0.2, 0.25) is 0 Å². The molecule has 112 valence electrons. The van der Waals surface area contributed by atoms with Gasteiger partial charge < -0.3 is 10.5 Å². The van der Waals surface area contributed by atoms with Crippen LogP contribution < -0.4 is 15.2 Å². The van der Waals surface area contributed by atoms with Crippen molar-refractivity contribution < 1.29 is 13.2 Å². The van der Waals surface area contributed by atoms with Gasteiger partial charge in [0, 0.05) is 11.9 Å². The monoisotopic (exact) mass is 307 g/mol. The fourth-order valence-electron chi connectivity index (χ4n) is 1.84. The van der Waals surface area contributed by atoms with E-state index in [1.54, 1.807) is 38.2 Å². The van der Waals surface area contributed by atoms with Crippen molar-refractivity contribution in [1.82, 2.24) is 4.98 Å². The molecular formula is C14H17N3O3S. The van der Waals surface area contributed by atoms with Crippen LogP contribution in [0.2, 0.25) is 0 Å². The molecule has 0 aliphatic heterocycles. The zero-order chi connectivity index (χ0) is 15.6. The van der Waals surface area contributed by atoms with Gasteiger partial charge in [0.25, 0.3) is 10.0 Å². The lowest BCUT2D eigenvalue weighted by Gasteiger charge is -2.14. The molecule has 0 saturated carbocycles. The number of nitrogen functional groups attached to an aromatic ring is 1. The minimum atomic E-state index is -3.81. The second kappa shape index (κ2) is 5.61. The third-order valence-electron chi connectivity index (χ3n) is 3.09. The molecule has 2 aromatic rings. The van der Waals surface area contributed by atoms with E-state index in [0.29, 0.717) is 17.1 Å². The number of hydrogen-bond acceptors (Lipinski definition) is 5. The Kier molecular flexibility index (Phi) is 4.04. The number of hydrogen-bond donors (Lipinski definition) is 2. The van der Waals surface area contributed by atoms with Crippen LogP contribution in [-0.2, 0) is 10.0 Å². The van der Waals surface area contributed by atoms with Gasteiger partial charge in [0.05, 0.1) is 18.5 Å². The summed E-state index contributed by atoms with van der Waals surface area (Å²) < 4.78 is 32.7. The van der Waals surface area contributed by atoms with Crippen molar-refractivity contribution in [2.75, 3.05) is 17.6 Å². The molecule has 0 spiro atoms. The van der Waals surface area contributed by atoms with Crippen molar-refractivity contribution in [1.29, 1.82) is 0 Å². The Morgan fingerprint density at radius 1 is 1.29 bits per heavy atom. The van der Waals surface area contributed by atoms with Gasteiger partial charge in [-0.05, 0) is 43.7 Å². The lowest BCUT2D eigenvalue weighted by atomic mass is 10.2. The summed E-state index contributed by atoms with van der Waals surface area (Å²) in [5, 5.41) is 0. The molecule has 0 fully saturated rings. The zero-order valence-corrected chi connectivity index (χ0v) is 12.9. The second-order valence-electron chi connectivity index (χ2n) is 4.60. The topological polar surface area (TPSA) is 94.3 Å². The van der Waals surface area contributed by atoms with E-state index in [9.17, 15) is 8.42 Å². The fraction of sp³-hybridized carbons (Fsp3) is 0.214. The molecule has 0 unspecified atom stereocenters. The Morgan fingerprint density at radius 3 is 2.62 bits per heavy atom. The Morgan fingerprint density at radius 2 is 2.00 bits per heavy atom. The maximum atomic E-state index is 12.5. The van der Waals surface area contributed by atoms with Crippen molar-refractivity contribution in [2.24, 2.45) is 0 Å². The first-order valence-electron chi connectivity index (χ1n) is 6.23. The van der Waals surface area contributed by atoms with Crippen LogP contribution in [0, 0.1) is 13.8 Å². The summed E-state index contributed by atoms with van der Waals surface area (Å²) in [6.45, 7) is 3.51. The maximum absolute atomic E-state index is 12.5. The average Bonchev–Trinajstić information content (AvgIpc) is 2.43. The van der Waals surface area contributed by atoms with Crippen LogP contribution in [0.25, 0.3) is 0 Å². The predicted octanol–water partition coefficient (Wildman–Crippen LogP) is 2.09. The third kappa shape index (κ3) is 3.08. The number of nitrogens with zero attached hydrogens (tertiary/aromatic N) is 1. The number of nitrogens with one attached hydrogen (secondary N) is 1. The highest BCUT2D eigenvalue weighted by Gasteiger charge is 2.21. The summed E-state index contributed by atoms with van der Waals surface area (Å²) in [4.78, 5) is 4.04. The molecule has 0 aliphatic carbocycles. The smallest absolute Gasteiger partial charge is 0.265 e. The van der Waals surface area contributed by atoms with Gasteiger partial charge in [-0.15, -0.1) is 0 Å². The summed E-state index contributed by atoms with van der Waals surface area (Å²) in [6, 6.07) is 6.29. The molecule has 1 aromatic heterocycles. The first-order chi connectivity index (χ1) is 9.85. The summed E-state index contributed by atoms with van der Waals surface area (Å²) in [5.41, 5.74) is 7.94. The van der Waals surface area contributed by atoms with Gasteiger partial charge in [-0.2, -0.15) is 0 Å². The molecule has 0 aliphatic rings. The number of sulfonamides is 1. The summed E-state index contributed by atoms with van der Waals surface area (Å²) in [6.07, 6.45) is 1.59. The van der Waals surface area contributed by atoms with Gasteiger partial charge in [0.15, 0.2) is 0 Å². The zero-order valence-electron chi connectivity index (χ0n) is 12.0. The Hall–Kier alpha value is -2.28. The van der Waals surface area contributed by atoms with Crippen molar-refractivity contribution in [3.8, 4) is 5.75 Å². The van der Waals surface area contributed by atoms with Crippen LogP contribution in [0.1, 0.15) is 11.3 Å². The number of nitrogens with two attached hydrogens (primary N) is 1. The molecule has 3 N–H and O–H groups in total. The van der Waals surface area contributed by atoms with Gasteiger partial charge in [-0.25, -0.2) is 8.42 Å². The molecule has 1 aromatic carbocycles. The maximum Gasteiger partial charge on any atom is 0.265 e. The molecule has 7 heteroatoms. The number of rotatable bonds is 4. The van der Waals surface area contributed by atoms with E-state index >= 15 is 0 Å². The van der Waals surface area contributed by atoms with E-state index in [0.717, 1.165) is 5.56 Å². The van der Waals surface area contributed by atoms with E-state index in [1.807, 2.05) is 0 Å². The molecular weight excluding hydrogens is 290 g/mol. The summed E-state index contributed by atoms with van der Waals surface area (Å²) in [7, 11) is -2.40. The molecule has 0 saturated heterocycles. The Balaban J connectivity index is 2.50. The number of pyridine rings is 1. The number of benzene rings is 1. The molecule has 1 heterocycles. The normalized spacial score (nSPS) is 11.2. The van der Waals surface area contributed by atoms with E-state index < -0.39 is 10.0 Å². The summed E-state index contributed by atoms with van der Waals surface area (Å²) in [5.74, 6) is 0.246. The van der Waals surface area contributed by atoms with Gasteiger partial charge in [-0.1, -0.05) is 0 Å². The van der Waals surface area contributed by atoms with Crippen molar-refractivity contribution in [3.05, 3.63) is 41.7 Å². The van der Waals surface area contributed by atoms with Crippen molar-refractivity contribution in [2.45, 2.75) is 18.7 Å². The highest BCUT2D eigenvalue weighted by Crippen LogP contribution is 2.30. The fourth-order valence-corrected chi connectivity index (χ4v) is 3.14. The van der Waals surface area contributed by atoms with E-state index in [2.05, 4.69) is 9.71 Å². The number of aromatic nitrogens is 1. The molecule has 2 rings (SSSR count). The number of methoxy groups -OCH3 is 1. The predicted molar refractivity (Wildman–Crippen MR) is 81.9 cm³/mol. The molecule has 0 amide bonds. The van der Waals surface area contributed by atoms with Crippen molar-refractivity contribution >= 4 is 21.4 Å². The number of aryl methyl sites for hydroxylation is 2. The van der Waals surface area contributed by atoms with E-state index in [4.69, 9.17) is 10.5 Å². The van der Waals surface area contributed by atoms with Crippen LogP contribution in [0.4, 0.5) is 11.4 Å². The lowest BCUT2D eigenvalue weighted by Crippen LogP contribution is -2.15. The highest BCUT2D eigenvalue weighted by molar-refractivity contribution is 7.92. The molecule has 0 radical (unpaired) electrons. The van der Waals surface area contributed by atoms with E-state index in [-0.39, 0.29) is 10.6 Å². The second-order valence-corrected chi connectivity index (χ2v) is 6.25. The van der Waals surface area contributed by atoms with Crippen LogP contribution in [0.3, 0.4) is 0 Å². The molecule has 6 nitrogen and oxygen atoms in total. The number of anilines is 2. The Labute approximate surface area is 124 Å². The van der Waals surface area contributed by atoms with E-state index in [1.165, 1.54) is 13.2 Å². The van der Waals surface area contributed by atoms with Crippen LogP contribution in [-0.4, -0.2) is 20.5 Å². The van der Waals surface area contributed by atoms with Crippen molar-refractivity contribution in [3.63, 3.8) is 0 Å². The van der Waals surface area contributed by atoms with Crippen LogP contribution in [0.15, 0.2) is 35.4 Å². The largest absolute Gasteiger partial charge is 0.495 e. The first kappa shape index (κ1) is 15.1. The number of ether oxygens (including phenoxy) is 1. The molecule has 0 bridgehead atoms. The average molecular weight is 307 g/mol. The van der Waals surface area contributed by atoms with Gasteiger partial charge >= 0.3 is 0 Å². The SMILES string of the molecule is COc1cc(C)c(N)cc1S(=O)(=O)Nc1cccnc1C. The summed E-state index contributed by atoms with van der Waals surface area (Å²) >= 11 is 0. The van der Waals surface area contributed by atoms with Gasteiger partial charge in [0.1, 0.15) is 10.6 Å². The first-order valence-corrected chi connectivity index (χ1v) is 7.72. The Bertz CT molecular complexity index is 773. The highest BCUT2D eigenvalue weighted by atomic mass is 32.2. The third-order valence-corrected chi connectivity index (χ3v) is 4.48. The molecule has 0 atom stereocenters. The standard InChI is InChI=1S/C14H17N3O3S/c1-9-7-13(20-3)14(8-11(9)15)21(18,19)17-12-5-4-6-16-10(12)2/h4-8,17H,15H2,1-3H3. The minimum Gasteiger partial charge on any atom is -0.495 e. The van der Waals surface area contributed by atoms with Crippen LogP contribution >= 0.6 is 0 Å². The quantitative estimate of drug-likeness (QED) is 0.843. The lowest BCUT2D eigenvalue weighted by molar-refractivity contribution is 0.402. The molecule has 21 heavy (non-hydrogen) atoms. The van der Waals surface area contributed by atoms with Gasteiger partial charge in [-0.3, -0.25) is 9.71 Å². The minimum absolute atomic E-state index is 0.00338.